The van der Waals surface area contributed by atoms with E-state index in [0.717, 1.165) is 77.0 Å². The van der Waals surface area contributed by atoms with E-state index in [0.29, 0.717) is 19.3 Å². The number of unbranched alkanes of at least 4 members (excludes halogenated alkanes) is 43. The highest BCUT2D eigenvalue weighted by molar-refractivity contribution is 5.71. The number of hydrogen-bond donors (Lipinski definition) is 0. The highest BCUT2D eigenvalue weighted by atomic mass is 16.6. The molecule has 0 radical (unpaired) electrons. The van der Waals surface area contributed by atoms with Crippen LogP contribution in [-0.4, -0.2) is 37.2 Å². The first-order valence-corrected chi connectivity index (χ1v) is 32.5. The van der Waals surface area contributed by atoms with Gasteiger partial charge in [0.1, 0.15) is 13.2 Å². The summed E-state index contributed by atoms with van der Waals surface area (Å²) in [5, 5.41) is 0. The second kappa shape index (κ2) is 62.2. The van der Waals surface area contributed by atoms with Crippen molar-refractivity contribution in [2.75, 3.05) is 13.2 Å². The van der Waals surface area contributed by atoms with Crippen molar-refractivity contribution in [2.24, 2.45) is 0 Å². The van der Waals surface area contributed by atoms with Crippen molar-refractivity contribution in [1.82, 2.24) is 0 Å². The molecule has 0 heterocycles. The molecule has 0 aromatic carbocycles. The fourth-order valence-corrected chi connectivity index (χ4v) is 9.75. The molecule has 0 aromatic rings. The lowest BCUT2D eigenvalue weighted by Crippen LogP contribution is -2.30. The van der Waals surface area contributed by atoms with E-state index in [1.807, 2.05) is 0 Å². The third-order valence-electron chi connectivity index (χ3n) is 14.6. The quantitative estimate of drug-likeness (QED) is 0.0261. The van der Waals surface area contributed by atoms with Gasteiger partial charge in [0.2, 0.25) is 0 Å². The van der Waals surface area contributed by atoms with Gasteiger partial charge in [-0.25, -0.2) is 0 Å². The lowest BCUT2D eigenvalue weighted by molar-refractivity contribution is -0.167. The largest absolute Gasteiger partial charge is 0.462 e. The first-order chi connectivity index (χ1) is 36.0. The number of allylic oxidation sites excluding steroid dienone is 6. The van der Waals surface area contributed by atoms with Crippen LogP contribution in [0.15, 0.2) is 36.5 Å². The highest BCUT2D eigenvalue weighted by Crippen LogP contribution is 2.18. The zero-order valence-electron chi connectivity index (χ0n) is 49.2. The minimum atomic E-state index is -0.776. The van der Waals surface area contributed by atoms with Gasteiger partial charge in [0.25, 0.3) is 0 Å². The summed E-state index contributed by atoms with van der Waals surface area (Å²) in [5.74, 6) is -0.861. The van der Waals surface area contributed by atoms with Crippen LogP contribution < -0.4 is 0 Å². The number of carbonyl (C=O) groups is 3. The van der Waals surface area contributed by atoms with Gasteiger partial charge >= 0.3 is 17.9 Å². The highest BCUT2D eigenvalue weighted by Gasteiger charge is 2.19. The normalized spacial score (nSPS) is 12.2. The monoisotopic (exact) mass is 1020 g/mol. The first kappa shape index (κ1) is 70.6. The van der Waals surface area contributed by atoms with Gasteiger partial charge in [-0.15, -0.1) is 0 Å². The fourth-order valence-electron chi connectivity index (χ4n) is 9.75. The molecule has 0 fully saturated rings. The van der Waals surface area contributed by atoms with Gasteiger partial charge in [-0.05, 0) is 57.8 Å². The van der Waals surface area contributed by atoms with Gasteiger partial charge in [-0.2, -0.15) is 0 Å². The zero-order valence-corrected chi connectivity index (χ0v) is 49.2. The Hall–Kier alpha value is -2.37. The standard InChI is InChI=1S/C67H124O6/c1-4-7-10-13-16-19-22-25-27-29-31-32-33-34-35-37-38-40-42-45-48-51-54-57-60-66(69)72-63-64(62-71-65(68)59-56-53-50-47-44-24-21-18-15-12-9-6-3)73-67(70)61-58-55-52-49-46-43-41-39-36-30-28-26-23-20-17-14-11-8-5-2/h17,20,26,28,36,39,64H,4-16,18-19,21-25,27,29-35,37-38,40-63H2,1-3H3/b20-17-,28-26-,39-36-. The van der Waals surface area contributed by atoms with Gasteiger partial charge in [-0.3, -0.25) is 14.4 Å². The lowest BCUT2D eigenvalue weighted by Gasteiger charge is -2.18. The first-order valence-electron chi connectivity index (χ1n) is 32.5. The summed E-state index contributed by atoms with van der Waals surface area (Å²) >= 11 is 0. The van der Waals surface area contributed by atoms with Gasteiger partial charge in [0.05, 0.1) is 0 Å². The van der Waals surface area contributed by atoms with E-state index in [-0.39, 0.29) is 31.1 Å². The van der Waals surface area contributed by atoms with Crippen LogP contribution in [-0.2, 0) is 28.6 Å². The lowest BCUT2D eigenvalue weighted by atomic mass is 10.0. The van der Waals surface area contributed by atoms with E-state index >= 15 is 0 Å². The molecule has 0 saturated carbocycles. The van der Waals surface area contributed by atoms with E-state index in [9.17, 15) is 14.4 Å². The molecule has 1 atom stereocenters. The van der Waals surface area contributed by atoms with Gasteiger partial charge in [-0.1, -0.05) is 314 Å². The molecular formula is C67H124O6. The molecule has 428 valence electrons. The Balaban J connectivity index is 4.25. The molecule has 73 heavy (non-hydrogen) atoms. The molecule has 0 aromatic heterocycles. The van der Waals surface area contributed by atoms with E-state index in [4.69, 9.17) is 14.2 Å². The van der Waals surface area contributed by atoms with Crippen LogP contribution in [0.25, 0.3) is 0 Å². The van der Waals surface area contributed by atoms with Crippen LogP contribution in [0.3, 0.4) is 0 Å². The Morgan fingerprint density at radius 1 is 0.274 bits per heavy atom. The Bertz CT molecular complexity index is 1220. The second-order valence-electron chi connectivity index (χ2n) is 22.0. The summed E-state index contributed by atoms with van der Waals surface area (Å²) in [5.41, 5.74) is 0. The van der Waals surface area contributed by atoms with Crippen molar-refractivity contribution in [3.8, 4) is 0 Å². The number of hydrogen-bond acceptors (Lipinski definition) is 6. The molecule has 0 aliphatic carbocycles. The molecule has 0 aliphatic rings. The predicted molar refractivity (Wildman–Crippen MR) is 316 cm³/mol. The van der Waals surface area contributed by atoms with Crippen LogP contribution in [0.2, 0.25) is 0 Å². The smallest absolute Gasteiger partial charge is 0.306 e. The topological polar surface area (TPSA) is 78.9 Å². The molecule has 0 rings (SSSR count). The van der Waals surface area contributed by atoms with E-state index in [1.54, 1.807) is 0 Å². The maximum Gasteiger partial charge on any atom is 0.306 e. The molecule has 0 N–H and O–H groups in total. The molecule has 6 nitrogen and oxygen atoms in total. The molecule has 1 unspecified atom stereocenters. The third kappa shape index (κ3) is 60.4. The number of carbonyl (C=O) groups excluding carboxylic acids is 3. The maximum absolute atomic E-state index is 12.9. The van der Waals surface area contributed by atoms with Crippen LogP contribution >= 0.6 is 0 Å². The second-order valence-corrected chi connectivity index (χ2v) is 22.0. The van der Waals surface area contributed by atoms with Crippen LogP contribution in [0.5, 0.6) is 0 Å². The van der Waals surface area contributed by atoms with Crippen molar-refractivity contribution in [3.05, 3.63) is 36.5 Å². The number of rotatable bonds is 60. The fraction of sp³-hybridized carbons (Fsp3) is 0.866. The van der Waals surface area contributed by atoms with E-state index in [2.05, 4.69) is 57.2 Å². The summed E-state index contributed by atoms with van der Waals surface area (Å²) in [6, 6.07) is 0. The minimum absolute atomic E-state index is 0.0723. The predicted octanol–water partition coefficient (Wildman–Crippen LogP) is 22.0. The van der Waals surface area contributed by atoms with Gasteiger partial charge in [0.15, 0.2) is 6.10 Å². The number of esters is 3. The summed E-state index contributed by atoms with van der Waals surface area (Å²) in [6.45, 7) is 6.66. The van der Waals surface area contributed by atoms with Gasteiger partial charge < -0.3 is 14.2 Å². The van der Waals surface area contributed by atoms with Crippen LogP contribution in [0.4, 0.5) is 0 Å². The van der Waals surface area contributed by atoms with Crippen molar-refractivity contribution in [3.63, 3.8) is 0 Å². The number of ether oxygens (including phenoxy) is 3. The van der Waals surface area contributed by atoms with Gasteiger partial charge in [0, 0.05) is 19.3 Å². The molecule has 0 spiro atoms. The summed E-state index contributed by atoms with van der Waals surface area (Å²) in [6.07, 6.45) is 75.8. The van der Waals surface area contributed by atoms with Crippen molar-refractivity contribution in [2.45, 2.75) is 361 Å². The summed E-state index contributed by atoms with van der Waals surface area (Å²) in [4.78, 5) is 38.3. The van der Waals surface area contributed by atoms with Crippen LogP contribution in [0, 0.1) is 0 Å². The van der Waals surface area contributed by atoms with Crippen molar-refractivity contribution in [1.29, 1.82) is 0 Å². The molecule has 6 heteroatoms. The Labute approximate surface area is 455 Å². The Morgan fingerprint density at radius 3 is 0.795 bits per heavy atom. The van der Waals surface area contributed by atoms with Crippen molar-refractivity contribution < 1.29 is 28.6 Å². The molecule has 0 bridgehead atoms. The molecule has 0 amide bonds. The van der Waals surface area contributed by atoms with E-state index in [1.165, 1.54) is 238 Å². The summed E-state index contributed by atoms with van der Waals surface area (Å²) in [7, 11) is 0. The van der Waals surface area contributed by atoms with Crippen molar-refractivity contribution >= 4 is 17.9 Å². The Kier molecular flexibility index (Phi) is 60.2. The average Bonchev–Trinajstić information content (AvgIpc) is 3.39. The molecular weight excluding hydrogens is 901 g/mol. The molecule has 0 saturated heterocycles. The summed E-state index contributed by atoms with van der Waals surface area (Å²) < 4.78 is 16.9. The minimum Gasteiger partial charge on any atom is -0.462 e. The third-order valence-corrected chi connectivity index (χ3v) is 14.6. The zero-order chi connectivity index (χ0) is 52.9. The Morgan fingerprint density at radius 2 is 0.493 bits per heavy atom. The maximum atomic E-state index is 12.9. The average molecular weight is 1030 g/mol. The van der Waals surface area contributed by atoms with Crippen LogP contribution in [0.1, 0.15) is 355 Å². The molecule has 0 aliphatic heterocycles. The van der Waals surface area contributed by atoms with E-state index < -0.39 is 6.10 Å². The SMILES string of the molecule is CCCCC/C=C\C/C=C\C/C=C\CCCCCCCCC(=O)OC(COC(=O)CCCCCCCCCCCCCC)COC(=O)CCCCCCCCCCCCCCCCCCCCCCCCCC.